The van der Waals surface area contributed by atoms with Crippen molar-refractivity contribution in [2.24, 2.45) is 0 Å². The predicted octanol–water partition coefficient (Wildman–Crippen LogP) is 2.51. The lowest BCUT2D eigenvalue weighted by Crippen LogP contribution is -2.05. The quantitative estimate of drug-likeness (QED) is 0.838. The van der Waals surface area contributed by atoms with E-state index in [1.165, 1.54) is 6.26 Å². The van der Waals surface area contributed by atoms with Crippen molar-refractivity contribution in [3.8, 4) is 5.75 Å². The lowest BCUT2D eigenvalue weighted by molar-refractivity contribution is 0.242. The van der Waals surface area contributed by atoms with Crippen LogP contribution < -0.4 is 4.74 Å². The minimum absolute atomic E-state index is 0.128. The molecule has 3 nitrogen and oxygen atoms in total. The monoisotopic (exact) mass is 213 g/mol. The fourth-order valence-electron chi connectivity index (χ4n) is 1.05. The Morgan fingerprint density at radius 2 is 1.79 bits per heavy atom. The van der Waals surface area contributed by atoms with Crippen molar-refractivity contribution < 1.29 is 8.95 Å². The van der Waals surface area contributed by atoms with Crippen LogP contribution in [0.25, 0.3) is 0 Å². The second kappa shape index (κ2) is 4.00. The van der Waals surface area contributed by atoms with Crippen LogP contribution in [0.2, 0.25) is 0 Å². The predicted molar refractivity (Wildman–Crippen MR) is 57.3 cm³/mol. The van der Waals surface area contributed by atoms with Crippen LogP contribution in [0.4, 0.5) is 0 Å². The zero-order valence-electron chi connectivity index (χ0n) is 8.61. The molecule has 0 radical (unpaired) electrons. The van der Waals surface area contributed by atoms with Gasteiger partial charge in [0, 0.05) is 11.2 Å². The number of rotatable bonds is 3. The Morgan fingerprint density at radius 1 is 1.29 bits per heavy atom. The highest BCUT2D eigenvalue weighted by atomic mass is 32.2. The third-order valence-corrected chi connectivity index (χ3v) is 2.82. The van der Waals surface area contributed by atoms with E-state index in [1.54, 1.807) is 24.3 Å². The van der Waals surface area contributed by atoms with E-state index in [9.17, 15) is 4.21 Å². The van der Waals surface area contributed by atoms with E-state index in [2.05, 4.69) is 0 Å². The first-order valence-corrected chi connectivity index (χ1v) is 6.37. The molecule has 0 saturated carbocycles. The summed E-state index contributed by atoms with van der Waals surface area (Å²) in [6.07, 6.45) is 1.54. The highest BCUT2D eigenvalue weighted by molar-refractivity contribution is 7.91. The Labute approximate surface area is 85.1 Å². The summed E-state index contributed by atoms with van der Waals surface area (Å²) in [6.45, 7) is 3.89. The van der Waals surface area contributed by atoms with Gasteiger partial charge in [-0.05, 0) is 38.1 Å². The van der Waals surface area contributed by atoms with Crippen molar-refractivity contribution in [1.82, 2.24) is 0 Å². The molecule has 0 heterocycles. The van der Waals surface area contributed by atoms with Gasteiger partial charge in [-0.3, -0.25) is 0 Å². The van der Waals surface area contributed by atoms with Crippen LogP contribution in [0.15, 0.2) is 29.2 Å². The Bertz CT molecular complexity index is 393. The van der Waals surface area contributed by atoms with Crippen molar-refractivity contribution in [2.45, 2.75) is 24.8 Å². The van der Waals surface area contributed by atoms with Crippen LogP contribution in [0.1, 0.15) is 13.8 Å². The van der Waals surface area contributed by atoms with Crippen molar-refractivity contribution in [3.63, 3.8) is 0 Å². The molecule has 0 aliphatic rings. The molecule has 0 aliphatic carbocycles. The van der Waals surface area contributed by atoms with E-state index in [0.29, 0.717) is 4.90 Å². The number of benzene rings is 1. The highest BCUT2D eigenvalue weighted by Gasteiger charge is 2.03. The molecule has 78 valence electrons. The van der Waals surface area contributed by atoms with Gasteiger partial charge in [0.1, 0.15) is 5.75 Å². The normalized spacial score (nSPS) is 15.1. The number of hydrogen-bond donors (Lipinski definition) is 1. The first-order chi connectivity index (χ1) is 6.39. The molecule has 0 bridgehead atoms. The maximum Gasteiger partial charge on any atom is 0.119 e. The van der Waals surface area contributed by atoms with Gasteiger partial charge in [0.15, 0.2) is 0 Å². The summed E-state index contributed by atoms with van der Waals surface area (Å²) in [7, 11) is -2.60. The molecule has 0 amide bonds. The van der Waals surface area contributed by atoms with Gasteiger partial charge in [0.05, 0.1) is 15.8 Å². The number of hydrogen-bond acceptors (Lipinski definition) is 3. The van der Waals surface area contributed by atoms with E-state index in [-0.39, 0.29) is 6.10 Å². The molecular weight excluding hydrogens is 198 g/mol. The Morgan fingerprint density at radius 3 is 2.14 bits per heavy atom. The topological polar surface area (TPSA) is 50.1 Å². The average Bonchev–Trinajstić information content (AvgIpc) is 2.02. The molecule has 1 rings (SSSR count). The minimum atomic E-state index is -2.60. The Kier molecular flexibility index (Phi) is 3.16. The van der Waals surface area contributed by atoms with Gasteiger partial charge in [0.2, 0.25) is 0 Å². The second-order valence-corrected chi connectivity index (χ2v) is 5.64. The first kappa shape index (κ1) is 11.0. The maximum atomic E-state index is 11.3. The molecule has 0 spiro atoms. The minimum Gasteiger partial charge on any atom is -0.491 e. The molecular formula is C10H15NO2S. The van der Waals surface area contributed by atoms with Gasteiger partial charge < -0.3 is 4.74 Å². The zero-order valence-corrected chi connectivity index (χ0v) is 9.43. The van der Waals surface area contributed by atoms with Crippen LogP contribution >= 0.6 is 0 Å². The summed E-state index contributed by atoms with van der Waals surface area (Å²) >= 11 is 0. The standard InChI is InChI=1S/C10H15NO2S/c1-8(2)13-9-4-6-10(7-5-9)14(3,11)12/h4-8,11H,1-3H3. The van der Waals surface area contributed by atoms with Gasteiger partial charge >= 0.3 is 0 Å². The van der Waals surface area contributed by atoms with Gasteiger partial charge in [-0.2, -0.15) is 0 Å². The molecule has 0 aromatic heterocycles. The van der Waals surface area contributed by atoms with Crippen LogP contribution in [0.5, 0.6) is 5.75 Å². The SMILES string of the molecule is CC(C)Oc1ccc(S(C)(=N)=O)cc1. The van der Waals surface area contributed by atoms with Gasteiger partial charge in [0.25, 0.3) is 0 Å². The van der Waals surface area contributed by atoms with Crippen molar-refractivity contribution in [3.05, 3.63) is 24.3 Å². The summed E-state index contributed by atoms with van der Waals surface area (Å²) in [6, 6.07) is 6.83. The molecule has 1 atom stereocenters. The third-order valence-electron chi connectivity index (χ3n) is 1.65. The van der Waals surface area contributed by atoms with Crippen LogP contribution in [0, 0.1) is 4.78 Å². The zero-order chi connectivity index (χ0) is 10.8. The molecule has 1 N–H and O–H groups in total. The van der Waals surface area contributed by atoms with E-state index in [0.717, 1.165) is 5.75 Å². The fourth-order valence-corrected chi connectivity index (χ4v) is 1.71. The smallest absolute Gasteiger partial charge is 0.119 e. The van der Waals surface area contributed by atoms with Crippen molar-refractivity contribution in [2.75, 3.05) is 6.26 Å². The largest absolute Gasteiger partial charge is 0.491 e. The molecule has 1 unspecified atom stereocenters. The molecule has 0 aliphatic heterocycles. The van der Waals surface area contributed by atoms with Crippen molar-refractivity contribution in [1.29, 1.82) is 4.78 Å². The molecule has 14 heavy (non-hydrogen) atoms. The molecule has 4 heteroatoms. The summed E-state index contributed by atoms with van der Waals surface area (Å²) in [5.41, 5.74) is 0. The van der Waals surface area contributed by atoms with Gasteiger partial charge in [-0.1, -0.05) is 0 Å². The molecule has 1 aromatic rings. The van der Waals surface area contributed by atoms with Crippen LogP contribution in [0.3, 0.4) is 0 Å². The molecule has 0 fully saturated rings. The van der Waals surface area contributed by atoms with Crippen molar-refractivity contribution >= 4 is 9.73 Å². The Hall–Kier alpha value is -1.03. The molecule has 0 saturated heterocycles. The van der Waals surface area contributed by atoms with Gasteiger partial charge in [-0.25, -0.2) is 8.99 Å². The van der Waals surface area contributed by atoms with Crippen LogP contribution in [-0.4, -0.2) is 16.6 Å². The average molecular weight is 213 g/mol. The highest BCUT2D eigenvalue weighted by Crippen LogP contribution is 2.17. The van der Waals surface area contributed by atoms with Crippen LogP contribution in [-0.2, 0) is 9.73 Å². The second-order valence-electron chi connectivity index (χ2n) is 3.48. The van der Waals surface area contributed by atoms with Gasteiger partial charge in [-0.15, -0.1) is 0 Å². The lowest BCUT2D eigenvalue weighted by atomic mass is 10.3. The van der Waals surface area contributed by atoms with E-state index >= 15 is 0 Å². The summed E-state index contributed by atoms with van der Waals surface area (Å²) in [5, 5.41) is 0. The third kappa shape index (κ3) is 3.03. The first-order valence-electron chi connectivity index (χ1n) is 4.40. The summed E-state index contributed by atoms with van der Waals surface area (Å²) < 4.78 is 24.1. The summed E-state index contributed by atoms with van der Waals surface area (Å²) in [4.78, 5) is 0.536. The fraction of sp³-hybridized carbons (Fsp3) is 0.400. The van der Waals surface area contributed by atoms with E-state index in [1.807, 2.05) is 13.8 Å². The maximum absolute atomic E-state index is 11.3. The Balaban J connectivity index is 2.90. The van der Waals surface area contributed by atoms with E-state index in [4.69, 9.17) is 9.52 Å². The lowest BCUT2D eigenvalue weighted by Gasteiger charge is -2.09. The number of ether oxygens (including phenoxy) is 1. The number of nitrogens with one attached hydrogen (secondary N) is 1. The summed E-state index contributed by atoms with van der Waals surface area (Å²) in [5.74, 6) is 0.743. The molecule has 1 aromatic carbocycles. The van der Waals surface area contributed by atoms with E-state index < -0.39 is 9.73 Å².